The number of benzene rings is 1. The van der Waals surface area contributed by atoms with Crippen molar-refractivity contribution in [3.8, 4) is 0 Å². The fourth-order valence-corrected chi connectivity index (χ4v) is 2.91. The zero-order chi connectivity index (χ0) is 15.4. The van der Waals surface area contributed by atoms with Gasteiger partial charge in [0.1, 0.15) is 0 Å². The van der Waals surface area contributed by atoms with Crippen molar-refractivity contribution in [1.29, 1.82) is 0 Å². The summed E-state index contributed by atoms with van der Waals surface area (Å²) in [4.78, 5) is 25.8. The predicted octanol–water partition coefficient (Wildman–Crippen LogP) is 3.34. The summed E-state index contributed by atoms with van der Waals surface area (Å²) in [5, 5.41) is 2.97. The number of rotatable bonds is 3. The maximum absolute atomic E-state index is 12.3. The third-order valence-corrected chi connectivity index (χ3v) is 4.81. The first-order chi connectivity index (χ1) is 10.0. The molecule has 21 heavy (non-hydrogen) atoms. The van der Waals surface area contributed by atoms with Gasteiger partial charge in [0.05, 0.1) is 0 Å². The standard InChI is InChI=1S/C16H21BrN2O2/c1-3-15(20)19-8-6-12(7-9-19)16(21)18-13-5-4-11(2)14(17)10-13/h4-5,10,12H,3,6-9H2,1-2H3,(H,18,21). The Balaban J connectivity index is 1.90. The highest BCUT2D eigenvalue weighted by Crippen LogP contribution is 2.23. The Morgan fingerprint density at radius 2 is 2.00 bits per heavy atom. The molecule has 0 radical (unpaired) electrons. The van der Waals surface area contributed by atoms with Gasteiger partial charge >= 0.3 is 0 Å². The molecule has 0 spiro atoms. The summed E-state index contributed by atoms with van der Waals surface area (Å²) in [5.41, 5.74) is 1.95. The van der Waals surface area contributed by atoms with Gasteiger partial charge in [-0.15, -0.1) is 0 Å². The van der Waals surface area contributed by atoms with E-state index in [1.165, 1.54) is 0 Å². The molecule has 0 atom stereocenters. The Morgan fingerprint density at radius 1 is 1.33 bits per heavy atom. The number of carbonyl (C=O) groups excluding carboxylic acids is 2. The molecule has 1 aliphatic rings. The van der Waals surface area contributed by atoms with Crippen LogP contribution in [0, 0.1) is 12.8 Å². The van der Waals surface area contributed by atoms with Crippen molar-refractivity contribution in [2.24, 2.45) is 5.92 Å². The van der Waals surface area contributed by atoms with Gasteiger partial charge in [-0.3, -0.25) is 9.59 Å². The summed E-state index contributed by atoms with van der Waals surface area (Å²) in [5.74, 6) is 0.219. The number of nitrogens with one attached hydrogen (secondary N) is 1. The fraction of sp³-hybridized carbons (Fsp3) is 0.500. The zero-order valence-electron chi connectivity index (χ0n) is 12.5. The summed E-state index contributed by atoms with van der Waals surface area (Å²) in [6, 6.07) is 5.80. The molecule has 1 heterocycles. The van der Waals surface area contributed by atoms with Crippen LogP contribution in [0.1, 0.15) is 31.7 Å². The van der Waals surface area contributed by atoms with Gasteiger partial charge in [0.2, 0.25) is 11.8 Å². The van der Waals surface area contributed by atoms with Crippen LogP contribution >= 0.6 is 15.9 Å². The molecule has 0 aromatic heterocycles. The van der Waals surface area contributed by atoms with E-state index < -0.39 is 0 Å². The van der Waals surface area contributed by atoms with Gasteiger partial charge in [-0.1, -0.05) is 28.9 Å². The SMILES string of the molecule is CCC(=O)N1CCC(C(=O)Nc2ccc(C)c(Br)c2)CC1. The Kier molecular flexibility index (Phi) is 5.39. The second-order valence-corrected chi connectivity index (χ2v) is 6.32. The predicted molar refractivity (Wildman–Crippen MR) is 87.1 cm³/mol. The first-order valence-electron chi connectivity index (χ1n) is 7.36. The number of likely N-dealkylation sites (tertiary alicyclic amines) is 1. The number of halogens is 1. The van der Waals surface area contributed by atoms with Gasteiger partial charge in [-0.2, -0.15) is 0 Å². The molecule has 1 aromatic carbocycles. The maximum Gasteiger partial charge on any atom is 0.227 e. The molecule has 0 unspecified atom stereocenters. The minimum Gasteiger partial charge on any atom is -0.343 e. The summed E-state index contributed by atoms with van der Waals surface area (Å²) in [7, 11) is 0. The van der Waals surface area contributed by atoms with Gasteiger partial charge in [0.25, 0.3) is 0 Å². The van der Waals surface area contributed by atoms with Crippen molar-refractivity contribution in [3.05, 3.63) is 28.2 Å². The number of anilines is 1. The maximum atomic E-state index is 12.3. The largest absolute Gasteiger partial charge is 0.343 e. The third-order valence-electron chi connectivity index (χ3n) is 3.96. The Bertz CT molecular complexity index is 537. The van der Waals surface area contributed by atoms with Crippen molar-refractivity contribution in [1.82, 2.24) is 4.90 Å². The molecule has 1 saturated heterocycles. The van der Waals surface area contributed by atoms with E-state index >= 15 is 0 Å². The lowest BCUT2D eigenvalue weighted by molar-refractivity contribution is -0.134. The molecule has 1 fully saturated rings. The highest BCUT2D eigenvalue weighted by Gasteiger charge is 2.26. The van der Waals surface area contributed by atoms with Crippen LogP contribution in [-0.4, -0.2) is 29.8 Å². The van der Waals surface area contributed by atoms with E-state index in [1.807, 2.05) is 36.9 Å². The fourth-order valence-electron chi connectivity index (χ4n) is 2.53. The van der Waals surface area contributed by atoms with Gasteiger partial charge in [-0.05, 0) is 37.5 Å². The lowest BCUT2D eigenvalue weighted by Gasteiger charge is -2.31. The number of hydrogen-bond donors (Lipinski definition) is 1. The van der Waals surface area contributed by atoms with Crippen LogP contribution in [0.15, 0.2) is 22.7 Å². The van der Waals surface area contributed by atoms with Crippen LogP contribution in [0.3, 0.4) is 0 Å². The molecule has 2 amide bonds. The van der Waals surface area contributed by atoms with Crippen molar-refractivity contribution in [2.75, 3.05) is 18.4 Å². The van der Waals surface area contributed by atoms with Crippen molar-refractivity contribution in [3.63, 3.8) is 0 Å². The molecular formula is C16H21BrN2O2. The van der Waals surface area contributed by atoms with E-state index in [2.05, 4.69) is 21.2 Å². The number of carbonyl (C=O) groups is 2. The van der Waals surface area contributed by atoms with Crippen LogP contribution in [0.4, 0.5) is 5.69 Å². The second kappa shape index (κ2) is 7.07. The molecule has 0 aliphatic carbocycles. The summed E-state index contributed by atoms with van der Waals surface area (Å²) in [6.07, 6.45) is 2.02. The zero-order valence-corrected chi connectivity index (χ0v) is 14.1. The van der Waals surface area contributed by atoms with Crippen molar-refractivity contribution < 1.29 is 9.59 Å². The monoisotopic (exact) mass is 352 g/mol. The molecule has 5 heteroatoms. The average Bonchev–Trinajstić information content (AvgIpc) is 2.50. The Morgan fingerprint density at radius 3 is 2.57 bits per heavy atom. The van der Waals surface area contributed by atoms with Crippen molar-refractivity contribution >= 4 is 33.4 Å². The minimum atomic E-state index is -0.00835. The van der Waals surface area contributed by atoms with Crippen LogP contribution < -0.4 is 5.32 Å². The van der Waals surface area contributed by atoms with E-state index in [-0.39, 0.29) is 17.7 Å². The number of amides is 2. The number of hydrogen-bond acceptors (Lipinski definition) is 2. The van der Waals surface area contributed by atoms with E-state index in [9.17, 15) is 9.59 Å². The highest BCUT2D eigenvalue weighted by atomic mass is 79.9. The van der Waals surface area contributed by atoms with Crippen LogP contribution in [-0.2, 0) is 9.59 Å². The molecule has 4 nitrogen and oxygen atoms in total. The van der Waals surface area contributed by atoms with Gasteiger partial charge in [0.15, 0.2) is 0 Å². The summed E-state index contributed by atoms with van der Waals surface area (Å²) < 4.78 is 0.990. The Labute approximate surface area is 134 Å². The molecular weight excluding hydrogens is 332 g/mol. The Hall–Kier alpha value is -1.36. The molecule has 2 rings (SSSR count). The topological polar surface area (TPSA) is 49.4 Å². The number of piperidine rings is 1. The van der Waals surface area contributed by atoms with Gasteiger partial charge in [0, 0.05) is 35.6 Å². The second-order valence-electron chi connectivity index (χ2n) is 5.46. The summed E-state index contributed by atoms with van der Waals surface area (Å²) in [6.45, 7) is 5.25. The molecule has 1 aromatic rings. The van der Waals surface area contributed by atoms with Crippen LogP contribution in [0.2, 0.25) is 0 Å². The first kappa shape index (κ1) is 16.0. The highest BCUT2D eigenvalue weighted by molar-refractivity contribution is 9.10. The van der Waals surface area contributed by atoms with Crippen molar-refractivity contribution in [2.45, 2.75) is 33.1 Å². The lowest BCUT2D eigenvalue weighted by atomic mass is 9.95. The van der Waals surface area contributed by atoms with E-state index in [0.29, 0.717) is 19.5 Å². The van der Waals surface area contributed by atoms with E-state index in [0.717, 1.165) is 28.6 Å². The van der Waals surface area contributed by atoms with Crippen LogP contribution in [0.5, 0.6) is 0 Å². The number of nitrogens with zero attached hydrogens (tertiary/aromatic N) is 1. The minimum absolute atomic E-state index is 0.00835. The molecule has 0 bridgehead atoms. The third kappa shape index (κ3) is 4.06. The normalized spacial score (nSPS) is 15.9. The molecule has 0 saturated carbocycles. The first-order valence-corrected chi connectivity index (χ1v) is 8.15. The molecule has 114 valence electrons. The molecule has 1 aliphatic heterocycles. The van der Waals surface area contributed by atoms with Gasteiger partial charge < -0.3 is 10.2 Å². The number of aryl methyl sites for hydroxylation is 1. The summed E-state index contributed by atoms with van der Waals surface area (Å²) >= 11 is 3.47. The van der Waals surface area contributed by atoms with E-state index in [4.69, 9.17) is 0 Å². The lowest BCUT2D eigenvalue weighted by Crippen LogP contribution is -2.41. The van der Waals surface area contributed by atoms with Crippen LogP contribution in [0.25, 0.3) is 0 Å². The molecule has 1 N–H and O–H groups in total. The van der Waals surface area contributed by atoms with Gasteiger partial charge in [-0.25, -0.2) is 0 Å². The average molecular weight is 353 g/mol. The van der Waals surface area contributed by atoms with E-state index in [1.54, 1.807) is 0 Å². The smallest absolute Gasteiger partial charge is 0.227 e. The quantitative estimate of drug-likeness (QED) is 0.906.